The fourth-order valence-corrected chi connectivity index (χ4v) is 3.56. The Kier molecular flexibility index (Phi) is 5.48. The Balaban J connectivity index is 1.72. The molecule has 3 rings (SSSR count). The van der Waals surface area contributed by atoms with Crippen LogP contribution in [0.4, 0.5) is 5.69 Å². The minimum absolute atomic E-state index is 0.0125. The molecule has 0 aliphatic carbocycles. The largest absolute Gasteiger partial charge is 0.495 e. The summed E-state index contributed by atoms with van der Waals surface area (Å²) in [5, 5.41) is 3.48. The lowest BCUT2D eigenvalue weighted by Crippen LogP contribution is -2.31. The number of halogens is 1. The number of ether oxygens (including phenoxy) is 2. The third-order valence-corrected chi connectivity index (χ3v) is 5.09. The van der Waals surface area contributed by atoms with E-state index in [9.17, 15) is 4.79 Å². The van der Waals surface area contributed by atoms with Crippen LogP contribution in [0, 0.1) is 0 Å². The molecule has 1 heterocycles. The van der Waals surface area contributed by atoms with Crippen LogP contribution in [0.3, 0.4) is 0 Å². The predicted molar refractivity (Wildman–Crippen MR) is 102 cm³/mol. The van der Waals surface area contributed by atoms with Crippen molar-refractivity contribution >= 4 is 27.5 Å². The van der Waals surface area contributed by atoms with E-state index in [0.29, 0.717) is 28.1 Å². The maximum atomic E-state index is 12.9. The highest BCUT2D eigenvalue weighted by atomic mass is 79.9. The van der Waals surface area contributed by atoms with Gasteiger partial charge in [0.1, 0.15) is 16.0 Å². The highest BCUT2D eigenvalue weighted by Gasteiger charge is 2.28. The molecule has 1 N–H and O–H groups in total. The van der Waals surface area contributed by atoms with Gasteiger partial charge in [-0.3, -0.25) is 4.79 Å². The molecule has 0 aromatic heterocycles. The van der Waals surface area contributed by atoms with E-state index < -0.39 is 0 Å². The lowest BCUT2D eigenvalue weighted by atomic mass is 10.1. The molecular formula is C19H21BrN2O3. The van der Waals surface area contributed by atoms with Crippen molar-refractivity contribution in [1.82, 2.24) is 4.90 Å². The van der Waals surface area contributed by atoms with E-state index in [1.807, 2.05) is 35.2 Å². The zero-order chi connectivity index (χ0) is 17.8. The van der Waals surface area contributed by atoms with E-state index in [4.69, 9.17) is 9.47 Å². The number of anilines is 1. The van der Waals surface area contributed by atoms with Crippen LogP contribution in [0.25, 0.3) is 0 Å². The summed E-state index contributed by atoms with van der Waals surface area (Å²) < 4.78 is 11.4. The lowest BCUT2D eigenvalue weighted by Gasteiger charge is -2.19. The lowest BCUT2D eigenvalue weighted by molar-refractivity contribution is 0.0791. The number of hydrogen-bond acceptors (Lipinski definition) is 4. The van der Waals surface area contributed by atoms with Gasteiger partial charge in [0.15, 0.2) is 0 Å². The van der Waals surface area contributed by atoms with Gasteiger partial charge in [-0.25, -0.2) is 0 Å². The van der Waals surface area contributed by atoms with Crippen LogP contribution in [0.15, 0.2) is 46.9 Å². The average Bonchev–Trinajstić information content (AvgIpc) is 3.10. The molecule has 1 unspecified atom stereocenters. The Morgan fingerprint density at radius 1 is 1.16 bits per heavy atom. The molecule has 2 aromatic rings. The number of methoxy groups -OCH3 is 2. The molecule has 1 atom stereocenters. The molecule has 132 valence electrons. The van der Waals surface area contributed by atoms with Gasteiger partial charge in [0.25, 0.3) is 5.91 Å². The monoisotopic (exact) mass is 404 g/mol. The van der Waals surface area contributed by atoms with E-state index in [1.165, 1.54) is 0 Å². The molecule has 6 heteroatoms. The van der Waals surface area contributed by atoms with Crippen molar-refractivity contribution < 1.29 is 14.3 Å². The van der Waals surface area contributed by atoms with Crippen LogP contribution in [0.2, 0.25) is 0 Å². The summed E-state index contributed by atoms with van der Waals surface area (Å²) in [5.41, 5.74) is 1.64. The number of rotatable bonds is 5. The second kappa shape index (κ2) is 7.78. The van der Waals surface area contributed by atoms with Gasteiger partial charge >= 0.3 is 0 Å². The Hall–Kier alpha value is -2.21. The third-order valence-electron chi connectivity index (χ3n) is 4.31. The van der Waals surface area contributed by atoms with Gasteiger partial charge in [-0.05, 0) is 46.6 Å². The summed E-state index contributed by atoms with van der Waals surface area (Å²) in [6.07, 6.45) is 0.922. The van der Waals surface area contributed by atoms with E-state index >= 15 is 0 Å². The number of likely N-dealkylation sites (tertiary alicyclic amines) is 1. The Labute approximate surface area is 156 Å². The zero-order valence-corrected chi connectivity index (χ0v) is 15.9. The van der Waals surface area contributed by atoms with Gasteiger partial charge < -0.3 is 19.7 Å². The normalized spacial score (nSPS) is 16.6. The molecule has 0 spiro atoms. The fraction of sp³-hybridized carbons (Fsp3) is 0.316. The molecule has 5 nitrogen and oxygen atoms in total. The number of para-hydroxylation sites is 1. The van der Waals surface area contributed by atoms with Gasteiger partial charge in [0.2, 0.25) is 0 Å². The quantitative estimate of drug-likeness (QED) is 0.823. The number of nitrogens with one attached hydrogen (secondary N) is 1. The molecule has 1 fully saturated rings. The van der Waals surface area contributed by atoms with Crippen LogP contribution < -0.4 is 14.8 Å². The maximum Gasteiger partial charge on any atom is 0.254 e. The second-order valence-corrected chi connectivity index (χ2v) is 6.73. The van der Waals surface area contributed by atoms with Gasteiger partial charge in [-0.1, -0.05) is 18.2 Å². The maximum absolute atomic E-state index is 12.9. The number of carbonyl (C=O) groups is 1. The zero-order valence-electron chi connectivity index (χ0n) is 14.3. The van der Waals surface area contributed by atoms with Crippen LogP contribution >= 0.6 is 15.9 Å². The SMILES string of the molecule is COc1cc(C(=O)N2CCC(Nc3ccccc3)C2)cc(OC)c1Br. The molecule has 0 radical (unpaired) electrons. The van der Waals surface area contributed by atoms with E-state index in [2.05, 4.69) is 21.2 Å². The van der Waals surface area contributed by atoms with Crippen LogP contribution in [0.5, 0.6) is 11.5 Å². The summed E-state index contributed by atoms with van der Waals surface area (Å²) in [4.78, 5) is 14.7. The van der Waals surface area contributed by atoms with Crippen molar-refractivity contribution in [2.45, 2.75) is 12.5 Å². The number of nitrogens with zero attached hydrogens (tertiary/aromatic N) is 1. The van der Waals surface area contributed by atoms with Crippen molar-refractivity contribution in [3.63, 3.8) is 0 Å². The standard InChI is InChI=1S/C19H21BrN2O3/c1-24-16-10-13(11-17(25-2)18(16)20)19(23)22-9-8-15(12-22)21-14-6-4-3-5-7-14/h3-7,10-11,15,21H,8-9,12H2,1-2H3. The van der Waals surface area contributed by atoms with Crippen molar-refractivity contribution in [2.75, 3.05) is 32.6 Å². The van der Waals surface area contributed by atoms with Gasteiger partial charge in [0, 0.05) is 30.4 Å². The van der Waals surface area contributed by atoms with Crippen molar-refractivity contribution in [1.29, 1.82) is 0 Å². The van der Waals surface area contributed by atoms with Crippen molar-refractivity contribution in [2.24, 2.45) is 0 Å². The molecule has 1 saturated heterocycles. The minimum Gasteiger partial charge on any atom is -0.495 e. The summed E-state index contributed by atoms with van der Waals surface area (Å²) in [5.74, 6) is 1.16. The van der Waals surface area contributed by atoms with Gasteiger partial charge in [0.05, 0.1) is 14.2 Å². The Morgan fingerprint density at radius 3 is 2.40 bits per heavy atom. The van der Waals surface area contributed by atoms with E-state index in [0.717, 1.165) is 18.7 Å². The van der Waals surface area contributed by atoms with E-state index in [1.54, 1.807) is 26.4 Å². The Morgan fingerprint density at radius 2 is 1.80 bits per heavy atom. The first-order chi connectivity index (χ1) is 12.1. The third kappa shape index (κ3) is 3.90. The Bertz CT molecular complexity index is 727. The molecular weight excluding hydrogens is 384 g/mol. The first kappa shape index (κ1) is 17.6. The fourth-order valence-electron chi connectivity index (χ4n) is 3.01. The smallest absolute Gasteiger partial charge is 0.254 e. The molecule has 1 amide bonds. The number of hydrogen-bond donors (Lipinski definition) is 1. The summed E-state index contributed by atoms with van der Waals surface area (Å²) in [7, 11) is 3.15. The highest BCUT2D eigenvalue weighted by molar-refractivity contribution is 9.10. The second-order valence-electron chi connectivity index (χ2n) is 5.94. The number of carbonyl (C=O) groups excluding carboxylic acids is 1. The van der Waals surface area contributed by atoms with Crippen LogP contribution in [-0.2, 0) is 0 Å². The summed E-state index contributed by atoms with van der Waals surface area (Å²) in [6.45, 7) is 1.40. The average molecular weight is 405 g/mol. The molecule has 1 aliphatic heterocycles. The van der Waals surface area contributed by atoms with Gasteiger partial charge in [-0.2, -0.15) is 0 Å². The number of amides is 1. The van der Waals surface area contributed by atoms with E-state index in [-0.39, 0.29) is 11.9 Å². The molecule has 0 saturated carbocycles. The first-order valence-electron chi connectivity index (χ1n) is 8.14. The molecule has 0 bridgehead atoms. The van der Waals surface area contributed by atoms with Crippen LogP contribution in [0.1, 0.15) is 16.8 Å². The predicted octanol–water partition coefficient (Wildman–Crippen LogP) is 3.79. The van der Waals surface area contributed by atoms with Crippen molar-refractivity contribution in [3.05, 3.63) is 52.5 Å². The first-order valence-corrected chi connectivity index (χ1v) is 8.94. The molecule has 1 aliphatic rings. The van der Waals surface area contributed by atoms with Gasteiger partial charge in [-0.15, -0.1) is 0 Å². The highest BCUT2D eigenvalue weighted by Crippen LogP contribution is 2.36. The van der Waals surface area contributed by atoms with Crippen LogP contribution in [-0.4, -0.2) is 44.2 Å². The number of benzene rings is 2. The molecule has 2 aromatic carbocycles. The van der Waals surface area contributed by atoms with Crippen molar-refractivity contribution in [3.8, 4) is 11.5 Å². The minimum atomic E-state index is -0.0125. The molecule has 25 heavy (non-hydrogen) atoms. The summed E-state index contributed by atoms with van der Waals surface area (Å²) >= 11 is 3.43. The topological polar surface area (TPSA) is 50.8 Å². The summed E-state index contributed by atoms with van der Waals surface area (Å²) in [6, 6.07) is 13.8.